The maximum Gasteiger partial charge on any atom is 0.415 e. The first kappa shape index (κ1) is 27.2. The number of aromatic nitrogens is 3. The Bertz CT molecular complexity index is 1180. The number of carbonyl (C=O) groups is 1. The van der Waals surface area contributed by atoms with Crippen LogP contribution in [0.15, 0.2) is 33.9 Å². The summed E-state index contributed by atoms with van der Waals surface area (Å²) in [5.41, 5.74) is -0.740. The molecule has 0 bridgehead atoms. The summed E-state index contributed by atoms with van der Waals surface area (Å²) in [6.45, 7) is 8.00. The van der Waals surface area contributed by atoms with Crippen LogP contribution >= 0.6 is 27.7 Å². The standard InChI is InChI=1S/C23H30BrF2N5O3SSi/c1-15-11-30(29-28-15)13-22-10-19(22)23(12-25,17-9-16(24)5-6-18(17)26)27-20(35-22)31(21(32)33)14-34-7-8-36(2,3)4/h5-6,9,11,19H,7-8,10,12-14H2,1-4H3,(H,32,33)/t19-,22-,23-/m1/s1. The van der Waals surface area contributed by atoms with Crippen LogP contribution in [0.4, 0.5) is 13.6 Å². The smallest absolute Gasteiger partial charge is 0.415 e. The molecule has 3 atom stereocenters. The lowest BCUT2D eigenvalue weighted by molar-refractivity contribution is 0.0699. The van der Waals surface area contributed by atoms with Gasteiger partial charge in [0.1, 0.15) is 24.8 Å². The number of amides is 1. The summed E-state index contributed by atoms with van der Waals surface area (Å²) in [6, 6.07) is 5.22. The number of aryl methyl sites for hydroxylation is 1. The van der Waals surface area contributed by atoms with Crippen LogP contribution in [0.25, 0.3) is 0 Å². The van der Waals surface area contributed by atoms with E-state index in [9.17, 15) is 9.90 Å². The minimum absolute atomic E-state index is 0.0955. The van der Waals surface area contributed by atoms with E-state index < -0.39 is 36.9 Å². The molecule has 0 saturated heterocycles. The van der Waals surface area contributed by atoms with Crippen LogP contribution in [0, 0.1) is 18.7 Å². The highest BCUT2D eigenvalue weighted by atomic mass is 79.9. The molecule has 1 saturated carbocycles. The Kier molecular flexibility index (Phi) is 7.67. The van der Waals surface area contributed by atoms with Crippen molar-refractivity contribution < 1.29 is 23.4 Å². The van der Waals surface area contributed by atoms with Crippen molar-refractivity contribution in [1.82, 2.24) is 19.9 Å². The van der Waals surface area contributed by atoms with Crippen LogP contribution in [-0.4, -0.2) is 69.1 Å². The summed E-state index contributed by atoms with van der Waals surface area (Å²) < 4.78 is 37.6. The van der Waals surface area contributed by atoms with Gasteiger partial charge in [-0.05, 0) is 37.6 Å². The van der Waals surface area contributed by atoms with Crippen molar-refractivity contribution in [3.05, 3.63) is 45.9 Å². The van der Waals surface area contributed by atoms with Crippen molar-refractivity contribution in [3.63, 3.8) is 0 Å². The number of ether oxygens (including phenoxy) is 1. The fourth-order valence-electron chi connectivity index (χ4n) is 4.52. The Balaban J connectivity index is 1.73. The molecule has 1 amide bonds. The largest absolute Gasteiger partial charge is 0.465 e. The van der Waals surface area contributed by atoms with Gasteiger partial charge in [-0.25, -0.2) is 23.5 Å². The molecule has 13 heteroatoms. The van der Waals surface area contributed by atoms with E-state index in [-0.39, 0.29) is 23.4 Å². The molecule has 2 aromatic rings. The van der Waals surface area contributed by atoms with Crippen LogP contribution in [0.2, 0.25) is 25.7 Å². The first-order valence-electron chi connectivity index (χ1n) is 11.6. The highest BCUT2D eigenvalue weighted by Gasteiger charge is 2.69. The molecule has 0 radical (unpaired) electrons. The Morgan fingerprint density at radius 1 is 1.42 bits per heavy atom. The van der Waals surface area contributed by atoms with Crippen LogP contribution in [0.1, 0.15) is 17.7 Å². The Morgan fingerprint density at radius 2 is 2.17 bits per heavy atom. The normalized spacial score (nSPS) is 25.3. The Labute approximate surface area is 222 Å². The van der Waals surface area contributed by atoms with E-state index in [0.29, 0.717) is 24.0 Å². The first-order valence-corrected chi connectivity index (χ1v) is 17.0. The molecule has 1 fully saturated rings. The lowest BCUT2D eigenvalue weighted by atomic mass is 9.85. The predicted molar refractivity (Wildman–Crippen MR) is 141 cm³/mol. The first-order chi connectivity index (χ1) is 16.9. The van der Waals surface area contributed by atoms with Crippen molar-refractivity contribution in [3.8, 4) is 0 Å². The van der Waals surface area contributed by atoms with E-state index in [4.69, 9.17) is 4.74 Å². The number of hydrogen-bond donors (Lipinski definition) is 1. The second kappa shape index (κ2) is 10.1. The summed E-state index contributed by atoms with van der Waals surface area (Å²) in [7, 11) is -1.38. The van der Waals surface area contributed by atoms with E-state index >= 15 is 8.78 Å². The second-order valence-corrected chi connectivity index (χ2v) is 18.5. The molecule has 1 aromatic heterocycles. The van der Waals surface area contributed by atoms with Gasteiger partial charge < -0.3 is 9.84 Å². The van der Waals surface area contributed by atoms with Gasteiger partial charge in [-0.15, -0.1) is 5.10 Å². The number of rotatable bonds is 9. The lowest BCUT2D eigenvalue weighted by Crippen LogP contribution is -2.46. The minimum Gasteiger partial charge on any atom is -0.465 e. The third-order valence-corrected chi connectivity index (χ3v) is 10.2. The highest BCUT2D eigenvalue weighted by molar-refractivity contribution is 9.10. The summed E-state index contributed by atoms with van der Waals surface area (Å²) >= 11 is 4.63. The van der Waals surface area contributed by atoms with Crippen LogP contribution in [0.5, 0.6) is 0 Å². The van der Waals surface area contributed by atoms with Gasteiger partial charge in [0.15, 0.2) is 5.17 Å². The number of fused-ring (bicyclic) bond motifs is 1. The summed E-state index contributed by atoms with van der Waals surface area (Å²) in [4.78, 5) is 17.9. The molecule has 1 aromatic carbocycles. The number of halogens is 3. The maximum absolute atomic E-state index is 15.1. The molecule has 0 unspecified atom stereocenters. The molecule has 1 N–H and O–H groups in total. The quantitative estimate of drug-likeness (QED) is 0.231. The van der Waals surface area contributed by atoms with Crippen molar-refractivity contribution in [2.75, 3.05) is 20.0 Å². The molecule has 196 valence electrons. The monoisotopic (exact) mass is 601 g/mol. The van der Waals surface area contributed by atoms with E-state index in [1.807, 2.05) is 6.92 Å². The van der Waals surface area contributed by atoms with Crippen LogP contribution < -0.4 is 0 Å². The van der Waals surface area contributed by atoms with Crippen LogP contribution in [0.3, 0.4) is 0 Å². The van der Waals surface area contributed by atoms with Gasteiger partial charge in [0.05, 0.1) is 12.2 Å². The number of aliphatic imine (C=N–C) groups is 1. The van der Waals surface area contributed by atoms with Gasteiger partial charge >= 0.3 is 6.09 Å². The molecule has 36 heavy (non-hydrogen) atoms. The van der Waals surface area contributed by atoms with Crippen molar-refractivity contribution >= 4 is 47.0 Å². The van der Waals surface area contributed by atoms with E-state index in [0.717, 1.165) is 16.6 Å². The summed E-state index contributed by atoms with van der Waals surface area (Å²) in [6.07, 6.45) is 1.03. The number of alkyl halides is 1. The topological polar surface area (TPSA) is 92.8 Å². The van der Waals surface area contributed by atoms with Gasteiger partial charge in [-0.3, -0.25) is 4.68 Å². The molecule has 0 spiro atoms. The number of amidine groups is 1. The molecule has 8 nitrogen and oxygen atoms in total. The average molecular weight is 603 g/mol. The number of hydrogen-bond acceptors (Lipinski definition) is 6. The number of benzene rings is 1. The zero-order valence-electron chi connectivity index (χ0n) is 20.7. The minimum atomic E-state index is -1.57. The fourth-order valence-corrected chi connectivity index (χ4v) is 7.24. The summed E-state index contributed by atoms with van der Waals surface area (Å²) in [5.74, 6) is -0.947. The number of thioether (sulfide) groups is 1. The van der Waals surface area contributed by atoms with Gasteiger partial charge in [0.2, 0.25) is 0 Å². The Morgan fingerprint density at radius 3 is 2.78 bits per heavy atom. The highest BCUT2D eigenvalue weighted by Crippen LogP contribution is 2.67. The van der Waals surface area contributed by atoms with Gasteiger partial charge in [-0.2, -0.15) is 0 Å². The van der Waals surface area contributed by atoms with Gasteiger partial charge in [0, 0.05) is 41.6 Å². The number of carboxylic acid groups (broad SMARTS) is 1. The molecule has 4 rings (SSSR count). The third kappa shape index (κ3) is 5.53. The maximum atomic E-state index is 15.1. The average Bonchev–Trinajstić information content (AvgIpc) is 3.37. The molecular weight excluding hydrogens is 572 g/mol. The zero-order chi connectivity index (χ0) is 26.3. The molecule has 2 heterocycles. The Hall–Kier alpha value is -1.83. The fraction of sp³-hybridized carbons (Fsp3) is 0.565. The second-order valence-electron chi connectivity index (χ2n) is 10.6. The molecule has 2 aliphatic rings. The molecular formula is C23H30BrF2N5O3SSi. The summed E-state index contributed by atoms with van der Waals surface area (Å²) in [5, 5.41) is 18.3. The van der Waals surface area contributed by atoms with Crippen molar-refractivity contribution in [2.24, 2.45) is 10.9 Å². The SMILES string of the molecule is Cc1cn(C[C@]23C[C@H]2[C@@](CF)(c2cc(Br)ccc2F)N=C(N(COCC[Si](C)(C)C)C(=O)O)S3)nn1. The van der Waals surface area contributed by atoms with Crippen molar-refractivity contribution in [2.45, 2.75) is 55.9 Å². The van der Waals surface area contributed by atoms with Gasteiger partial charge in [0.25, 0.3) is 0 Å². The zero-order valence-corrected chi connectivity index (χ0v) is 24.1. The van der Waals surface area contributed by atoms with Gasteiger partial charge in [-0.1, -0.05) is 52.5 Å². The van der Waals surface area contributed by atoms with Crippen LogP contribution in [-0.2, 0) is 16.8 Å². The van der Waals surface area contributed by atoms with Crippen molar-refractivity contribution in [1.29, 1.82) is 0 Å². The van der Waals surface area contributed by atoms with E-state index in [1.54, 1.807) is 16.9 Å². The predicted octanol–water partition coefficient (Wildman–Crippen LogP) is 5.51. The molecule has 1 aliphatic carbocycles. The number of nitrogens with zero attached hydrogens (tertiary/aromatic N) is 5. The molecule has 1 aliphatic heterocycles. The third-order valence-electron chi connectivity index (χ3n) is 6.55. The van der Waals surface area contributed by atoms with E-state index in [2.05, 4.69) is 50.9 Å². The van der Waals surface area contributed by atoms with E-state index in [1.165, 1.54) is 23.9 Å². The lowest BCUT2D eigenvalue weighted by Gasteiger charge is -2.38.